The van der Waals surface area contributed by atoms with E-state index in [4.69, 9.17) is 19.9 Å². The van der Waals surface area contributed by atoms with Crippen molar-refractivity contribution in [3.63, 3.8) is 0 Å². The standard InChI is InChI=1S/C116H66N8/c1-4-22-67(23-5-1)73-50-56-101-95(60-73)107-105(65-93-86-54-47-75(68-24-6-2-7-25-68)63-103(86)121-99-38-20-16-34-90(99)109(107)113(93)121)123(101)115-117-97-36-18-14-32-88(97)111(119-115)80-49-53-83-79(59-80)45-44-78-58-72(46-52-82(78)83)70-40-42-71(43-41-70)74-51-57-102-96(61-74)108-106(66-94-87-55-48-76(69-26-8-3-9-27-69)64-104(87)122-100-39-21-17-35-91(100)110(108)114(94)122)124(102)116-118-98-37-19-15-33-89(98)112(120-116)92-62-77-28-10-11-29-81(77)84-30-12-13-31-85(84)92/h1-66H. The highest BCUT2D eigenvalue weighted by Crippen LogP contribution is 2.52. The molecule has 0 unspecified atom stereocenters. The molecule has 0 saturated carbocycles. The molecule has 8 aromatic heterocycles. The molecule has 0 aliphatic rings. The lowest BCUT2D eigenvalue weighted by molar-refractivity contribution is 1.01. The summed E-state index contributed by atoms with van der Waals surface area (Å²) in [5, 5.41) is 25.7. The fourth-order valence-electron chi connectivity index (χ4n) is 21.4. The van der Waals surface area contributed by atoms with Crippen molar-refractivity contribution in [1.29, 1.82) is 0 Å². The van der Waals surface area contributed by atoms with Gasteiger partial charge in [0.15, 0.2) is 0 Å². The highest BCUT2D eigenvalue weighted by molar-refractivity contribution is 6.38. The minimum atomic E-state index is 0.620. The Morgan fingerprint density at radius 1 is 0.161 bits per heavy atom. The van der Waals surface area contributed by atoms with Crippen molar-refractivity contribution in [2.24, 2.45) is 0 Å². The van der Waals surface area contributed by atoms with Crippen LogP contribution in [0, 0.1) is 0 Å². The maximum absolute atomic E-state index is 5.83. The second kappa shape index (κ2) is 25.4. The van der Waals surface area contributed by atoms with Crippen molar-refractivity contribution >= 4 is 185 Å². The van der Waals surface area contributed by atoms with Crippen molar-refractivity contribution in [2.45, 2.75) is 0 Å². The van der Waals surface area contributed by atoms with Crippen molar-refractivity contribution in [1.82, 2.24) is 37.9 Å². The number of fused-ring (bicyclic) bond motifs is 28. The number of para-hydroxylation sites is 4. The molecule has 20 aromatic carbocycles. The molecule has 0 atom stereocenters. The average molecular weight is 1570 g/mol. The summed E-state index contributed by atoms with van der Waals surface area (Å²) in [5.74, 6) is 1.24. The van der Waals surface area contributed by atoms with Crippen molar-refractivity contribution in [3.8, 4) is 90.0 Å². The molecule has 0 N–H and O–H groups in total. The Balaban J connectivity index is 0.571. The summed E-state index contributed by atoms with van der Waals surface area (Å²) >= 11 is 0. The van der Waals surface area contributed by atoms with Crippen LogP contribution in [-0.4, -0.2) is 37.9 Å². The van der Waals surface area contributed by atoms with Crippen LogP contribution in [0.5, 0.6) is 0 Å². The predicted octanol–water partition coefficient (Wildman–Crippen LogP) is 30.3. The van der Waals surface area contributed by atoms with Crippen LogP contribution >= 0.6 is 0 Å². The fraction of sp³-hybridized carbons (Fsp3) is 0. The lowest BCUT2D eigenvalue weighted by atomic mass is 9.94. The topological polar surface area (TPSA) is 70.2 Å². The van der Waals surface area contributed by atoms with Crippen LogP contribution in [0.3, 0.4) is 0 Å². The lowest BCUT2D eigenvalue weighted by Gasteiger charge is -2.15. The van der Waals surface area contributed by atoms with E-state index < -0.39 is 0 Å². The van der Waals surface area contributed by atoms with Gasteiger partial charge in [-0.3, -0.25) is 9.13 Å². The first-order valence-corrected chi connectivity index (χ1v) is 42.6. The molecule has 8 heterocycles. The van der Waals surface area contributed by atoms with Crippen LogP contribution in [-0.2, 0) is 0 Å². The maximum atomic E-state index is 5.83. The average Bonchev–Trinajstić information content (AvgIpc) is 1.52. The van der Waals surface area contributed by atoms with E-state index in [1.54, 1.807) is 0 Å². The maximum Gasteiger partial charge on any atom is 0.235 e. The van der Waals surface area contributed by atoms with Gasteiger partial charge in [0.25, 0.3) is 0 Å². The summed E-state index contributed by atoms with van der Waals surface area (Å²) < 4.78 is 9.72. The molecule has 570 valence electrons. The van der Waals surface area contributed by atoms with Gasteiger partial charge >= 0.3 is 0 Å². The van der Waals surface area contributed by atoms with Gasteiger partial charge in [-0.25, -0.2) is 19.9 Å². The summed E-state index contributed by atoms with van der Waals surface area (Å²) in [6.07, 6.45) is 0. The van der Waals surface area contributed by atoms with Gasteiger partial charge in [0.05, 0.1) is 77.6 Å². The SMILES string of the molecule is c1ccc(-c2ccc3c(c2)c2c4c5ccccc5n5c6cc(-c7ccccc7)ccc6c(cc2n3-c2nc(-c3ccc6c(ccc7cc(-c8ccc(-c9ccc%10c(c9)c9c%11c%12ccccc%12n%12c%13cc(-c%14ccccc%14)ccc%13c(cc9n%10-c9nc(-c%10cc%13ccccc%13c%13ccccc%10%13)c%10ccccc%10n9)c%11%12)cc8)ccc76)c3)c3ccccc3n2)c45)cc1. The number of rotatable bonds is 9. The number of hydrogen-bond acceptors (Lipinski definition) is 4. The molecule has 0 bridgehead atoms. The number of benzene rings is 20. The molecule has 8 heteroatoms. The van der Waals surface area contributed by atoms with Gasteiger partial charge < -0.3 is 8.80 Å². The zero-order chi connectivity index (χ0) is 80.7. The van der Waals surface area contributed by atoms with Gasteiger partial charge in [0.1, 0.15) is 0 Å². The highest BCUT2D eigenvalue weighted by Gasteiger charge is 2.30. The summed E-state index contributed by atoms with van der Waals surface area (Å²) in [7, 11) is 0. The molecule has 0 aliphatic carbocycles. The Morgan fingerprint density at radius 3 is 1.03 bits per heavy atom. The smallest absolute Gasteiger partial charge is 0.235 e. The first-order valence-electron chi connectivity index (χ1n) is 42.6. The minimum absolute atomic E-state index is 0.620. The molecule has 0 amide bonds. The Morgan fingerprint density at radius 2 is 0.516 bits per heavy atom. The summed E-state index contributed by atoms with van der Waals surface area (Å²) in [5.41, 5.74) is 28.6. The molecule has 28 aromatic rings. The number of hydrogen-bond donors (Lipinski definition) is 0. The molecule has 124 heavy (non-hydrogen) atoms. The van der Waals surface area contributed by atoms with Gasteiger partial charge in [-0.05, 0) is 190 Å². The summed E-state index contributed by atoms with van der Waals surface area (Å²) in [6, 6.07) is 147. The third-order valence-electron chi connectivity index (χ3n) is 27.0. The lowest BCUT2D eigenvalue weighted by Crippen LogP contribution is -2.03. The van der Waals surface area contributed by atoms with Crippen LogP contribution in [0.15, 0.2) is 400 Å². The molecule has 0 fully saturated rings. The molecular formula is C116H66N8. The monoisotopic (exact) mass is 1570 g/mol. The molecule has 8 nitrogen and oxygen atoms in total. The summed E-state index contributed by atoms with van der Waals surface area (Å²) in [4.78, 5) is 22.8. The summed E-state index contributed by atoms with van der Waals surface area (Å²) in [6.45, 7) is 0. The fourth-order valence-corrected chi connectivity index (χ4v) is 21.4. The molecule has 0 spiro atoms. The van der Waals surface area contributed by atoms with E-state index in [9.17, 15) is 0 Å². The highest BCUT2D eigenvalue weighted by atomic mass is 15.2. The van der Waals surface area contributed by atoms with Gasteiger partial charge in [0, 0.05) is 86.5 Å². The normalized spacial score (nSPS) is 12.4. The molecule has 0 aliphatic heterocycles. The van der Waals surface area contributed by atoms with Gasteiger partial charge in [0.2, 0.25) is 11.9 Å². The van der Waals surface area contributed by atoms with E-state index in [1.807, 2.05) is 0 Å². The Hall–Kier alpha value is -16.7. The van der Waals surface area contributed by atoms with Gasteiger partial charge in [-0.2, -0.15) is 0 Å². The van der Waals surface area contributed by atoms with E-state index in [0.29, 0.717) is 11.9 Å². The van der Waals surface area contributed by atoms with Crippen LogP contribution in [0.25, 0.3) is 275 Å². The largest absolute Gasteiger partial charge is 0.308 e. The van der Waals surface area contributed by atoms with Crippen molar-refractivity contribution < 1.29 is 0 Å². The third-order valence-corrected chi connectivity index (χ3v) is 27.0. The zero-order valence-corrected chi connectivity index (χ0v) is 66.7. The first-order chi connectivity index (χ1) is 61.5. The Labute approximate surface area is 708 Å². The second-order valence-corrected chi connectivity index (χ2v) is 33.5. The van der Waals surface area contributed by atoms with E-state index >= 15 is 0 Å². The van der Waals surface area contributed by atoms with E-state index in [1.165, 1.54) is 147 Å². The third kappa shape index (κ3) is 9.56. The molecular weight excluding hydrogens is 1510 g/mol. The van der Waals surface area contributed by atoms with Gasteiger partial charge in [-0.1, -0.05) is 309 Å². The Bertz CT molecular complexity index is 9490. The second-order valence-electron chi connectivity index (χ2n) is 33.5. The number of nitrogens with zero attached hydrogens (tertiary/aromatic N) is 8. The van der Waals surface area contributed by atoms with Crippen LogP contribution < -0.4 is 0 Å². The molecule has 28 rings (SSSR count). The van der Waals surface area contributed by atoms with Crippen molar-refractivity contribution in [3.05, 3.63) is 400 Å². The molecule has 0 radical (unpaired) electrons. The van der Waals surface area contributed by atoms with Crippen LogP contribution in [0.1, 0.15) is 0 Å². The predicted molar refractivity (Wildman–Crippen MR) is 519 cm³/mol. The van der Waals surface area contributed by atoms with Gasteiger partial charge in [-0.15, -0.1) is 0 Å². The molecule has 0 saturated heterocycles. The van der Waals surface area contributed by atoms with E-state index in [-0.39, 0.29) is 0 Å². The quantitative estimate of drug-likeness (QED) is 0.135. The van der Waals surface area contributed by atoms with Crippen LogP contribution in [0.4, 0.5) is 0 Å². The van der Waals surface area contributed by atoms with Crippen LogP contribution in [0.2, 0.25) is 0 Å². The Kier molecular flexibility index (Phi) is 13.8. The first kappa shape index (κ1) is 67.2. The minimum Gasteiger partial charge on any atom is -0.308 e. The van der Waals surface area contributed by atoms with E-state index in [2.05, 4.69) is 418 Å². The van der Waals surface area contributed by atoms with Crippen molar-refractivity contribution in [2.75, 3.05) is 0 Å². The zero-order valence-electron chi connectivity index (χ0n) is 66.7. The number of aromatic nitrogens is 8. The van der Waals surface area contributed by atoms with E-state index in [0.717, 1.165) is 116 Å².